The predicted molar refractivity (Wildman–Crippen MR) is 86.1 cm³/mol. The van der Waals surface area contributed by atoms with Crippen LogP contribution in [0.3, 0.4) is 0 Å². The molecule has 23 heavy (non-hydrogen) atoms. The molecular formula is C17H16N2O4. The van der Waals surface area contributed by atoms with Crippen LogP contribution in [0.2, 0.25) is 0 Å². The SMILES string of the molecule is COc1ccc([N+](=O)[O-])cc1C(=O)Nc1ccc2c(c1)CCC2. The van der Waals surface area contributed by atoms with Crippen LogP contribution in [-0.4, -0.2) is 17.9 Å². The van der Waals surface area contributed by atoms with Gasteiger partial charge in [0, 0.05) is 17.8 Å². The molecule has 0 fully saturated rings. The Morgan fingerprint density at radius 1 is 1.17 bits per heavy atom. The number of hydrogen-bond donors (Lipinski definition) is 1. The number of carbonyl (C=O) groups is 1. The Labute approximate surface area is 133 Å². The van der Waals surface area contributed by atoms with Crippen LogP contribution in [0.5, 0.6) is 5.75 Å². The van der Waals surface area contributed by atoms with E-state index in [2.05, 4.69) is 5.32 Å². The number of non-ortho nitro benzene ring substituents is 1. The number of nitro benzene ring substituents is 1. The van der Waals surface area contributed by atoms with Crippen LogP contribution in [0.4, 0.5) is 11.4 Å². The summed E-state index contributed by atoms with van der Waals surface area (Å²) in [5, 5.41) is 13.7. The summed E-state index contributed by atoms with van der Waals surface area (Å²) < 4.78 is 5.13. The van der Waals surface area contributed by atoms with E-state index in [9.17, 15) is 14.9 Å². The van der Waals surface area contributed by atoms with Crippen LogP contribution in [0.25, 0.3) is 0 Å². The minimum Gasteiger partial charge on any atom is -0.496 e. The molecule has 1 N–H and O–H groups in total. The van der Waals surface area contributed by atoms with Gasteiger partial charge in [-0.3, -0.25) is 14.9 Å². The molecule has 118 valence electrons. The van der Waals surface area contributed by atoms with Crippen molar-refractivity contribution < 1.29 is 14.5 Å². The number of nitrogens with zero attached hydrogens (tertiary/aromatic N) is 1. The van der Waals surface area contributed by atoms with E-state index in [-0.39, 0.29) is 11.3 Å². The number of aryl methyl sites for hydroxylation is 2. The lowest BCUT2D eigenvalue weighted by atomic mass is 10.1. The maximum Gasteiger partial charge on any atom is 0.270 e. The predicted octanol–water partition coefficient (Wildman–Crippen LogP) is 3.34. The van der Waals surface area contributed by atoms with Gasteiger partial charge in [-0.05, 0) is 48.6 Å². The van der Waals surface area contributed by atoms with Gasteiger partial charge >= 0.3 is 0 Å². The van der Waals surface area contributed by atoms with Crippen molar-refractivity contribution in [2.45, 2.75) is 19.3 Å². The average Bonchev–Trinajstić information content (AvgIpc) is 3.01. The van der Waals surface area contributed by atoms with Crippen LogP contribution in [0.1, 0.15) is 27.9 Å². The number of rotatable bonds is 4. The summed E-state index contributed by atoms with van der Waals surface area (Å²) in [6.45, 7) is 0. The van der Waals surface area contributed by atoms with E-state index in [1.807, 2.05) is 18.2 Å². The van der Waals surface area contributed by atoms with Gasteiger partial charge in [-0.2, -0.15) is 0 Å². The zero-order valence-corrected chi connectivity index (χ0v) is 12.7. The van der Waals surface area contributed by atoms with Crippen molar-refractivity contribution in [1.82, 2.24) is 0 Å². The summed E-state index contributed by atoms with van der Waals surface area (Å²) in [6, 6.07) is 9.79. The fourth-order valence-corrected chi connectivity index (χ4v) is 2.83. The van der Waals surface area contributed by atoms with Crippen molar-refractivity contribution >= 4 is 17.3 Å². The maximum atomic E-state index is 12.5. The molecule has 0 atom stereocenters. The minimum atomic E-state index is -0.536. The standard InChI is InChI=1S/C17H16N2O4/c1-23-16-8-7-14(19(21)22)10-15(16)17(20)18-13-6-5-11-3-2-4-12(11)9-13/h5-10H,2-4H2,1H3,(H,18,20). The number of hydrogen-bond acceptors (Lipinski definition) is 4. The number of amides is 1. The summed E-state index contributed by atoms with van der Waals surface area (Å²) >= 11 is 0. The van der Waals surface area contributed by atoms with E-state index < -0.39 is 10.8 Å². The molecule has 0 unspecified atom stereocenters. The highest BCUT2D eigenvalue weighted by atomic mass is 16.6. The average molecular weight is 312 g/mol. The van der Waals surface area contributed by atoms with Gasteiger partial charge in [0.15, 0.2) is 0 Å². The summed E-state index contributed by atoms with van der Waals surface area (Å²) in [6.07, 6.45) is 3.22. The fraction of sp³-hybridized carbons (Fsp3) is 0.235. The number of methoxy groups -OCH3 is 1. The smallest absolute Gasteiger partial charge is 0.270 e. The Balaban J connectivity index is 1.88. The Morgan fingerprint density at radius 2 is 1.96 bits per heavy atom. The first-order valence-corrected chi connectivity index (χ1v) is 7.34. The molecule has 0 radical (unpaired) electrons. The van der Waals surface area contributed by atoms with Crippen molar-refractivity contribution in [2.24, 2.45) is 0 Å². The molecular weight excluding hydrogens is 296 g/mol. The topological polar surface area (TPSA) is 81.5 Å². The second kappa shape index (κ2) is 6.08. The number of nitrogens with one attached hydrogen (secondary N) is 1. The monoisotopic (exact) mass is 312 g/mol. The number of nitro groups is 1. The summed E-state index contributed by atoms with van der Waals surface area (Å²) in [5.74, 6) is -0.127. The lowest BCUT2D eigenvalue weighted by Gasteiger charge is -2.10. The second-order valence-corrected chi connectivity index (χ2v) is 5.43. The van der Waals surface area contributed by atoms with Crippen molar-refractivity contribution in [3.8, 4) is 5.75 Å². The fourth-order valence-electron chi connectivity index (χ4n) is 2.83. The first kappa shape index (κ1) is 15.0. The van der Waals surface area contributed by atoms with Gasteiger partial charge in [0.25, 0.3) is 11.6 Å². The van der Waals surface area contributed by atoms with E-state index >= 15 is 0 Å². The van der Waals surface area contributed by atoms with Crippen molar-refractivity contribution in [3.63, 3.8) is 0 Å². The highest BCUT2D eigenvalue weighted by molar-refractivity contribution is 6.06. The zero-order valence-electron chi connectivity index (χ0n) is 12.7. The maximum absolute atomic E-state index is 12.5. The molecule has 0 heterocycles. The zero-order chi connectivity index (χ0) is 16.4. The quantitative estimate of drug-likeness (QED) is 0.693. The number of anilines is 1. The second-order valence-electron chi connectivity index (χ2n) is 5.43. The van der Waals surface area contributed by atoms with Gasteiger partial charge in [-0.15, -0.1) is 0 Å². The van der Waals surface area contributed by atoms with Crippen LogP contribution in [0.15, 0.2) is 36.4 Å². The van der Waals surface area contributed by atoms with Crippen LogP contribution >= 0.6 is 0 Å². The first-order valence-electron chi connectivity index (χ1n) is 7.34. The number of ether oxygens (including phenoxy) is 1. The van der Waals surface area contributed by atoms with Crippen molar-refractivity contribution in [2.75, 3.05) is 12.4 Å². The molecule has 3 rings (SSSR count). The summed E-state index contributed by atoms with van der Waals surface area (Å²) in [4.78, 5) is 22.8. The third kappa shape index (κ3) is 3.01. The van der Waals surface area contributed by atoms with E-state index in [1.54, 1.807) is 0 Å². The normalized spacial score (nSPS) is 12.6. The van der Waals surface area contributed by atoms with Gasteiger partial charge in [-0.1, -0.05) is 6.07 Å². The molecule has 1 amide bonds. The number of carbonyl (C=O) groups excluding carboxylic acids is 1. The molecule has 1 aliphatic rings. The van der Waals surface area contributed by atoms with Gasteiger partial charge in [0.05, 0.1) is 17.6 Å². The van der Waals surface area contributed by atoms with Crippen LogP contribution in [0, 0.1) is 10.1 Å². The third-order valence-electron chi connectivity index (χ3n) is 3.99. The van der Waals surface area contributed by atoms with Crippen molar-refractivity contribution in [1.29, 1.82) is 0 Å². The Hall–Kier alpha value is -2.89. The van der Waals surface area contributed by atoms with Crippen LogP contribution in [-0.2, 0) is 12.8 Å². The summed E-state index contributed by atoms with van der Waals surface area (Å²) in [5.41, 5.74) is 3.24. The molecule has 0 aromatic heterocycles. The number of benzene rings is 2. The first-order chi connectivity index (χ1) is 11.1. The number of fused-ring (bicyclic) bond motifs is 1. The van der Waals surface area contributed by atoms with Gasteiger partial charge in [0.2, 0.25) is 0 Å². The highest BCUT2D eigenvalue weighted by Crippen LogP contribution is 2.27. The summed E-state index contributed by atoms with van der Waals surface area (Å²) in [7, 11) is 1.42. The molecule has 0 bridgehead atoms. The molecule has 1 aliphatic carbocycles. The van der Waals surface area contributed by atoms with Gasteiger partial charge in [-0.25, -0.2) is 0 Å². The molecule has 2 aromatic rings. The molecule has 6 nitrogen and oxygen atoms in total. The molecule has 0 saturated heterocycles. The lowest BCUT2D eigenvalue weighted by molar-refractivity contribution is -0.384. The lowest BCUT2D eigenvalue weighted by Crippen LogP contribution is -2.13. The molecule has 0 spiro atoms. The molecule has 2 aromatic carbocycles. The Morgan fingerprint density at radius 3 is 2.70 bits per heavy atom. The minimum absolute atomic E-state index is 0.141. The highest BCUT2D eigenvalue weighted by Gasteiger charge is 2.18. The largest absolute Gasteiger partial charge is 0.496 e. The van der Waals surface area contributed by atoms with Crippen LogP contribution < -0.4 is 10.1 Å². The Bertz CT molecular complexity index is 786. The third-order valence-corrected chi connectivity index (χ3v) is 3.99. The Kier molecular flexibility index (Phi) is 3.97. The molecule has 6 heteroatoms. The van der Waals surface area contributed by atoms with E-state index in [1.165, 1.54) is 36.4 Å². The molecule has 0 aliphatic heterocycles. The van der Waals surface area contributed by atoms with Gasteiger partial charge < -0.3 is 10.1 Å². The molecule has 0 saturated carbocycles. The van der Waals surface area contributed by atoms with E-state index in [0.29, 0.717) is 11.4 Å². The van der Waals surface area contributed by atoms with E-state index in [0.717, 1.165) is 19.3 Å². The van der Waals surface area contributed by atoms with E-state index in [4.69, 9.17) is 4.74 Å². The van der Waals surface area contributed by atoms with Gasteiger partial charge in [0.1, 0.15) is 5.75 Å². The van der Waals surface area contributed by atoms with Crippen molar-refractivity contribution in [3.05, 3.63) is 63.2 Å².